The fourth-order valence-electron chi connectivity index (χ4n) is 2.68. The summed E-state index contributed by atoms with van der Waals surface area (Å²) in [4.78, 5) is 12.2. The predicted molar refractivity (Wildman–Crippen MR) is 88.0 cm³/mol. The summed E-state index contributed by atoms with van der Waals surface area (Å²) in [5.74, 6) is -1.72. The van der Waals surface area contributed by atoms with Crippen molar-refractivity contribution in [1.29, 1.82) is 0 Å². The molecule has 1 aliphatic rings. The van der Waals surface area contributed by atoms with Crippen molar-refractivity contribution in [2.45, 2.75) is 24.1 Å². The van der Waals surface area contributed by atoms with E-state index in [1.807, 2.05) is 0 Å². The number of alkyl halides is 6. The van der Waals surface area contributed by atoms with Crippen LogP contribution in [0.3, 0.4) is 0 Å². The van der Waals surface area contributed by atoms with Crippen LogP contribution in [-0.4, -0.2) is 35.2 Å². The zero-order chi connectivity index (χ0) is 21.4. The first-order valence-electron chi connectivity index (χ1n) is 8.01. The third-order valence-corrected chi connectivity index (χ3v) is 4.10. The molecule has 0 spiro atoms. The van der Waals surface area contributed by atoms with Crippen molar-refractivity contribution in [3.05, 3.63) is 65.7 Å². The van der Waals surface area contributed by atoms with Crippen LogP contribution in [0.15, 0.2) is 59.7 Å². The van der Waals surface area contributed by atoms with Gasteiger partial charge in [-0.1, -0.05) is 42.5 Å². The van der Waals surface area contributed by atoms with Crippen molar-refractivity contribution in [2.75, 3.05) is 0 Å². The lowest BCUT2D eigenvalue weighted by Crippen LogP contribution is -2.45. The van der Waals surface area contributed by atoms with Gasteiger partial charge in [0, 0.05) is 5.56 Å². The molecule has 5 nitrogen and oxygen atoms in total. The summed E-state index contributed by atoms with van der Waals surface area (Å²) in [6.07, 6.45) is -15.5. The molecule has 2 atom stereocenters. The monoisotopic (exact) mass is 418 g/mol. The van der Waals surface area contributed by atoms with Gasteiger partial charge in [-0.3, -0.25) is 4.79 Å². The van der Waals surface area contributed by atoms with Crippen LogP contribution in [0, 0.1) is 0 Å². The lowest BCUT2D eigenvalue weighted by Gasteiger charge is -2.24. The number of carbonyl (C=O) groups excluding carboxylic acids is 1. The standard InChI is InChI=1S/C18H12F6N2O3/c19-14(17(20,21)22)18(23,24)29-12-8-6-11(7-9-12)16(28)13(25-26-15(16)27)10-4-2-1-3-5-10/h1-9,14,28H,(H,26,27). The third kappa shape index (κ3) is 3.77. The Morgan fingerprint density at radius 2 is 1.59 bits per heavy atom. The van der Waals surface area contributed by atoms with Gasteiger partial charge < -0.3 is 9.84 Å². The Balaban J connectivity index is 1.88. The average Bonchev–Trinajstić information content (AvgIpc) is 2.97. The molecule has 2 N–H and O–H groups in total. The highest BCUT2D eigenvalue weighted by atomic mass is 19.4. The third-order valence-electron chi connectivity index (χ3n) is 4.10. The number of nitrogens with one attached hydrogen (secondary N) is 1. The highest BCUT2D eigenvalue weighted by Crippen LogP contribution is 2.37. The first-order valence-corrected chi connectivity index (χ1v) is 8.01. The van der Waals surface area contributed by atoms with Crippen LogP contribution in [0.4, 0.5) is 26.3 Å². The molecule has 2 unspecified atom stereocenters. The number of hydrogen-bond acceptors (Lipinski definition) is 4. The van der Waals surface area contributed by atoms with E-state index >= 15 is 0 Å². The van der Waals surface area contributed by atoms with Gasteiger partial charge in [0.2, 0.25) is 5.60 Å². The van der Waals surface area contributed by atoms with Crippen LogP contribution in [-0.2, 0) is 10.4 Å². The van der Waals surface area contributed by atoms with E-state index in [1.54, 1.807) is 30.3 Å². The van der Waals surface area contributed by atoms with E-state index in [0.29, 0.717) is 5.56 Å². The number of hydrazone groups is 1. The Morgan fingerprint density at radius 3 is 2.14 bits per heavy atom. The van der Waals surface area contributed by atoms with Gasteiger partial charge in [-0.2, -0.15) is 27.1 Å². The number of nitrogens with zero attached hydrogens (tertiary/aromatic N) is 1. The van der Waals surface area contributed by atoms with E-state index in [4.69, 9.17) is 0 Å². The molecule has 0 radical (unpaired) electrons. The molecule has 11 heteroatoms. The largest absolute Gasteiger partial charge is 0.439 e. The number of aliphatic hydroxyl groups is 1. The number of ether oxygens (including phenoxy) is 1. The molecule has 0 fully saturated rings. The molecule has 2 aromatic carbocycles. The lowest BCUT2D eigenvalue weighted by molar-refractivity contribution is -0.304. The molecule has 1 heterocycles. The van der Waals surface area contributed by atoms with Crippen molar-refractivity contribution in [1.82, 2.24) is 5.43 Å². The molecule has 154 valence electrons. The minimum Gasteiger partial charge on any atom is -0.430 e. The summed E-state index contributed by atoms with van der Waals surface area (Å²) in [6.45, 7) is 0. The molecule has 0 aliphatic carbocycles. The van der Waals surface area contributed by atoms with Gasteiger partial charge in [-0.25, -0.2) is 9.82 Å². The summed E-state index contributed by atoms with van der Waals surface area (Å²) < 4.78 is 80.1. The van der Waals surface area contributed by atoms with Crippen molar-refractivity contribution >= 4 is 11.6 Å². The van der Waals surface area contributed by atoms with Crippen molar-refractivity contribution in [3.63, 3.8) is 0 Å². The van der Waals surface area contributed by atoms with E-state index < -0.39 is 35.7 Å². The SMILES string of the molecule is O=C1NN=C(c2ccccc2)C1(O)c1ccc(OC(F)(F)C(F)C(F)(F)F)cc1. The Hall–Kier alpha value is -3.08. The molecule has 29 heavy (non-hydrogen) atoms. The normalized spacial score (nSPS) is 20.8. The van der Waals surface area contributed by atoms with Crippen LogP contribution in [0.25, 0.3) is 0 Å². The Bertz CT molecular complexity index is 931. The molecular formula is C18H12F6N2O3. The van der Waals surface area contributed by atoms with Gasteiger partial charge >= 0.3 is 12.3 Å². The molecule has 1 aliphatic heterocycles. The Morgan fingerprint density at radius 1 is 1.00 bits per heavy atom. The maximum atomic E-state index is 13.4. The molecule has 3 rings (SSSR count). The van der Waals surface area contributed by atoms with Crippen LogP contribution >= 0.6 is 0 Å². The van der Waals surface area contributed by atoms with Crippen molar-refractivity contribution in [3.8, 4) is 5.75 Å². The quantitative estimate of drug-likeness (QED) is 0.733. The number of hydrogen-bond donors (Lipinski definition) is 2. The summed E-state index contributed by atoms with van der Waals surface area (Å²) >= 11 is 0. The number of amides is 1. The summed E-state index contributed by atoms with van der Waals surface area (Å²) in [5, 5.41) is 14.7. The number of rotatable bonds is 5. The second kappa shape index (κ2) is 7.07. The maximum Gasteiger partial charge on any atom is 0.439 e. The smallest absolute Gasteiger partial charge is 0.430 e. The zero-order valence-corrected chi connectivity index (χ0v) is 14.3. The molecule has 0 saturated carbocycles. The molecule has 0 bridgehead atoms. The van der Waals surface area contributed by atoms with Gasteiger partial charge in [-0.05, 0) is 17.7 Å². The number of halogens is 6. The Labute approximate surface area is 159 Å². The number of benzene rings is 2. The predicted octanol–water partition coefficient (Wildman–Crippen LogP) is 3.28. The fraction of sp³-hybridized carbons (Fsp3) is 0.222. The van der Waals surface area contributed by atoms with E-state index in [-0.39, 0.29) is 11.3 Å². The van der Waals surface area contributed by atoms with Crippen molar-refractivity contribution in [2.24, 2.45) is 5.10 Å². The first-order chi connectivity index (χ1) is 13.5. The van der Waals surface area contributed by atoms with Crippen LogP contribution in [0.1, 0.15) is 11.1 Å². The average molecular weight is 418 g/mol. The molecule has 2 aromatic rings. The lowest BCUT2D eigenvalue weighted by atomic mass is 9.85. The van der Waals surface area contributed by atoms with E-state index in [2.05, 4.69) is 15.3 Å². The Kier molecular flexibility index (Phi) is 5.03. The summed E-state index contributed by atoms with van der Waals surface area (Å²) in [7, 11) is 0. The molecule has 1 amide bonds. The minimum atomic E-state index is -5.82. The van der Waals surface area contributed by atoms with E-state index in [9.17, 15) is 36.2 Å². The van der Waals surface area contributed by atoms with Crippen molar-refractivity contribution < 1.29 is 41.0 Å². The second-order valence-corrected chi connectivity index (χ2v) is 6.07. The maximum absolute atomic E-state index is 13.4. The first kappa shape index (κ1) is 20.6. The molecule has 0 aromatic heterocycles. The minimum absolute atomic E-state index is 0.0667. The summed E-state index contributed by atoms with van der Waals surface area (Å²) in [5.41, 5.74) is 0.0489. The molecular weight excluding hydrogens is 406 g/mol. The van der Waals surface area contributed by atoms with Gasteiger partial charge in [0.25, 0.3) is 12.1 Å². The van der Waals surface area contributed by atoms with Crippen LogP contribution in [0.5, 0.6) is 5.75 Å². The highest BCUT2D eigenvalue weighted by Gasteiger charge is 2.59. The second-order valence-electron chi connectivity index (χ2n) is 6.07. The van der Waals surface area contributed by atoms with E-state index in [1.165, 1.54) is 0 Å². The van der Waals surface area contributed by atoms with Crippen LogP contribution in [0.2, 0.25) is 0 Å². The zero-order valence-electron chi connectivity index (χ0n) is 14.3. The van der Waals surface area contributed by atoms with Gasteiger partial charge in [0.05, 0.1) is 0 Å². The van der Waals surface area contributed by atoms with Crippen LogP contribution < -0.4 is 10.2 Å². The fourth-order valence-corrected chi connectivity index (χ4v) is 2.68. The van der Waals surface area contributed by atoms with Gasteiger partial charge in [0.1, 0.15) is 11.5 Å². The van der Waals surface area contributed by atoms with E-state index in [0.717, 1.165) is 24.3 Å². The van der Waals surface area contributed by atoms with Gasteiger partial charge in [-0.15, -0.1) is 0 Å². The highest BCUT2D eigenvalue weighted by molar-refractivity contribution is 6.22. The van der Waals surface area contributed by atoms with Gasteiger partial charge in [0.15, 0.2) is 0 Å². The number of carbonyl (C=O) groups is 1. The molecule has 0 saturated heterocycles. The summed E-state index contributed by atoms with van der Waals surface area (Å²) in [6, 6.07) is 11.6. The topological polar surface area (TPSA) is 70.9 Å².